The van der Waals surface area contributed by atoms with Gasteiger partial charge in [0.25, 0.3) is 0 Å². The summed E-state index contributed by atoms with van der Waals surface area (Å²) in [6.07, 6.45) is 1.86. The van der Waals surface area contributed by atoms with Gasteiger partial charge < -0.3 is 15.0 Å². The van der Waals surface area contributed by atoms with E-state index in [1.165, 1.54) is 0 Å². The molecule has 25 heavy (non-hydrogen) atoms. The van der Waals surface area contributed by atoms with Crippen molar-refractivity contribution in [2.75, 3.05) is 13.7 Å². The second-order valence-electron chi connectivity index (χ2n) is 7.15. The number of hydrogen-bond donors (Lipinski definition) is 1. The summed E-state index contributed by atoms with van der Waals surface area (Å²) in [5.74, 6) is 1.17. The molecule has 0 spiro atoms. The highest BCUT2D eigenvalue weighted by Crippen LogP contribution is 2.34. The van der Waals surface area contributed by atoms with E-state index >= 15 is 0 Å². The number of carbonyl (C=O) groups is 2. The zero-order valence-electron chi connectivity index (χ0n) is 15.4. The van der Waals surface area contributed by atoms with Gasteiger partial charge in [-0.2, -0.15) is 0 Å². The van der Waals surface area contributed by atoms with Crippen LogP contribution >= 0.6 is 15.9 Å². The molecule has 1 aliphatic rings. The third-order valence-electron chi connectivity index (χ3n) is 4.79. The molecule has 0 radical (unpaired) electrons. The van der Waals surface area contributed by atoms with Gasteiger partial charge in [0.1, 0.15) is 11.3 Å². The van der Waals surface area contributed by atoms with E-state index in [2.05, 4.69) is 35.1 Å². The Morgan fingerprint density at radius 3 is 2.80 bits per heavy atom. The van der Waals surface area contributed by atoms with Gasteiger partial charge in [-0.25, -0.2) is 0 Å². The maximum Gasteiger partial charge on any atom is 0.245 e. The molecule has 0 bridgehead atoms. The number of halogens is 1. The van der Waals surface area contributed by atoms with Crippen LogP contribution in [0, 0.1) is 5.92 Å². The number of methoxy groups -OCH3 is 1. The second kappa shape index (κ2) is 8.21. The highest BCUT2D eigenvalue weighted by atomic mass is 79.9. The Bertz CT molecular complexity index is 648. The normalized spacial score (nSPS) is 20.2. The summed E-state index contributed by atoms with van der Waals surface area (Å²) in [7, 11) is 1.61. The van der Waals surface area contributed by atoms with Crippen molar-refractivity contribution in [3.8, 4) is 5.75 Å². The Labute approximate surface area is 158 Å². The smallest absolute Gasteiger partial charge is 0.245 e. The lowest BCUT2D eigenvalue weighted by Gasteiger charge is -2.34. The van der Waals surface area contributed by atoms with Crippen LogP contribution in [0.15, 0.2) is 22.7 Å². The molecular formula is C19H27BrN2O3. The lowest BCUT2D eigenvalue weighted by atomic mass is 9.96. The fourth-order valence-corrected chi connectivity index (χ4v) is 3.51. The third kappa shape index (κ3) is 4.54. The Morgan fingerprint density at radius 1 is 1.44 bits per heavy atom. The molecule has 1 N–H and O–H groups in total. The monoisotopic (exact) mass is 410 g/mol. The molecule has 1 aromatic carbocycles. The zero-order chi connectivity index (χ0) is 18.6. The van der Waals surface area contributed by atoms with E-state index in [-0.39, 0.29) is 11.8 Å². The standard InChI is InChI=1S/C19H27BrN2O3/c1-13(2)8-10-21-18(24)19(3)9-7-17(23)22(19)12-14-11-15(20)5-6-16(14)25-4/h5-6,11,13H,7-10,12H2,1-4H3,(H,21,24)/t19-/m0/s1. The van der Waals surface area contributed by atoms with Gasteiger partial charge in [0, 0.05) is 23.0 Å². The van der Waals surface area contributed by atoms with Gasteiger partial charge in [0.2, 0.25) is 11.8 Å². The summed E-state index contributed by atoms with van der Waals surface area (Å²) < 4.78 is 6.32. The number of nitrogens with zero attached hydrogens (tertiary/aromatic N) is 1. The van der Waals surface area contributed by atoms with E-state index in [0.29, 0.717) is 37.6 Å². The van der Waals surface area contributed by atoms with Crippen molar-refractivity contribution in [2.24, 2.45) is 5.92 Å². The number of amides is 2. The predicted octanol–water partition coefficient (Wildman–Crippen LogP) is 3.50. The molecule has 5 nitrogen and oxygen atoms in total. The first kappa shape index (κ1) is 19.8. The Balaban J connectivity index is 2.18. The summed E-state index contributed by atoms with van der Waals surface area (Å²) in [6, 6.07) is 5.69. The number of hydrogen-bond acceptors (Lipinski definition) is 3. The van der Waals surface area contributed by atoms with Crippen molar-refractivity contribution in [1.82, 2.24) is 10.2 Å². The van der Waals surface area contributed by atoms with Crippen LogP contribution in [-0.4, -0.2) is 35.9 Å². The van der Waals surface area contributed by atoms with E-state index in [1.54, 1.807) is 12.0 Å². The Morgan fingerprint density at radius 2 is 2.16 bits per heavy atom. The van der Waals surface area contributed by atoms with E-state index in [9.17, 15) is 9.59 Å². The van der Waals surface area contributed by atoms with Crippen molar-refractivity contribution in [3.63, 3.8) is 0 Å². The van der Waals surface area contributed by atoms with E-state index in [0.717, 1.165) is 16.5 Å². The maximum atomic E-state index is 12.8. The minimum Gasteiger partial charge on any atom is -0.496 e. The topological polar surface area (TPSA) is 58.6 Å². The summed E-state index contributed by atoms with van der Waals surface area (Å²) in [6.45, 7) is 7.09. The van der Waals surface area contributed by atoms with Crippen LogP contribution < -0.4 is 10.1 Å². The molecule has 1 fully saturated rings. The predicted molar refractivity (Wildman–Crippen MR) is 101 cm³/mol. The van der Waals surface area contributed by atoms with Crippen molar-refractivity contribution in [1.29, 1.82) is 0 Å². The Kier molecular flexibility index (Phi) is 6.49. The van der Waals surface area contributed by atoms with Crippen LogP contribution in [-0.2, 0) is 16.1 Å². The summed E-state index contributed by atoms with van der Waals surface area (Å²) in [5.41, 5.74) is 0.0646. The molecule has 0 unspecified atom stereocenters. The van der Waals surface area contributed by atoms with E-state index in [1.807, 2.05) is 25.1 Å². The molecule has 1 atom stereocenters. The molecule has 0 aromatic heterocycles. The molecular weight excluding hydrogens is 384 g/mol. The fraction of sp³-hybridized carbons (Fsp3) is 0.579. The van der Waals surface area contributed by atoms with Gasteiger partial charge in [0.05, 0.1) is 13.7 Å². The Hall–Kier alpha value is -1.56. The lowest BCUT2D eigenvalue weighted by Crippen LogP contribution is -2.54. The molecule has 2 rings (SSSR count). The summed E-state index contributed by atoms with van der Waals surface area (Å²) in [4.78, 5) is 26.9. The van der Waals surface area contributed by atoms with Gasteiger partial charge >= 0.3 is 0 Å². The van der Waals surface area contributed by atoms with Crippen LogP contribution in [0.1, 0.15) is 45.6 Å². The SMILES string of the molecule is COc1ccc(Br)cc1CN1C(=O)CC[C@@]1(C)C(=O)NCCC(C)C. The van der Waals surface area contributed by atoms with E-state index in [4.69, 9.17) is 4.74 Å². The minimum atomic E-state index is -0.818. The number of carbonyl (C=O) groups excluding carboxylic acids is 2. The van der Waals surface area contributed by atoms with Crippen LogP contribution in [0.5, 0.6) is 5.75 Å². The number of likely N-dealkylation sites (tertiary alicyclic amines) is 1. The van der Waals surface area contributed by atoms with Crippen molar-refractivity contribution >= 4 is 27.7 Å². The first-order valence-electron chi connectivity index (χ1n) is 8.69. The lowest BCUT2D eigenvalue weighted by molar-refractivity contribution is -0.141. The number of rotatable bonds is 7. The first-order valence-corrected chi connectivity index (χ1v) is 9.48. The molecule has 6 heteroatoms. The highest BCUT2D eigenvalue weighted by Gasteiger charge is 2.47. The van der Waals surface area contributed by atoms with Gasteiger partial charge in [-0.1, -0.05) is 29.8 Å². The first-order chi connectivity index (χ1) is 11.8. The number of benzene rings is 1. The molecule has 0 aliphatic carbocycles. The van der Waals surface area contributed by atoms with Crippen molar-refractivity contribution < 1.29 is 14.3 Å². The highest BCUT2D eigenvalue weighted by molar-refractivity contribution is 9.10. The maximum absolute atomic E-state index is 12.8. The van der Waals surface area contributed by atoms with Crippen LogP contribution in [0.4, 0.5) is 0 Å². The van der Waals surface area contributed by atoms with Gasteiger partial charge in [-0.15, -0.1) is 0 Å². The average Bonchev–Trinajstić information content (AvgIpc) is 2.84. The fourth-order valence-electron chi connectivity index (χ4n) is 3.10. The quantitative estimate of drug-likeness (QED) is 0.747. The molecule has 1 aliphatic heterocycles. The third-order valence-corrected chi connectivity index (χ3v) is 5.28. The number of nitrogens with one attached hydrogen (secondary N) is 1. The summed E-state index contributed by atoms with van der Waals surface area (Å²) in [5, 5.41) is 3.00. The second-order valence-corrected chi connectivity index (χ2v) is 8.06. The van der Waals surface area contributed by atoms with Crippen molar-refractivity contribution in [2.45, 2.75) is 52.1 Å². The molecule has 0 saturated carbocycles. The van der Waals surface area contributed by atoms with Gasteiger partial charge in [-0.05, 0) is 43.9 Å². The van der Waals surface area contributed by atoms with Gasteiger partial charge in [-0.3, -0.25) is 9.59 Å². The van der Waals surface area contributed by atoms with Crippen LogP contribution in [0.25, 0.3) is 0 Å². The van der Waals surface area contributed by atoms with Crippen molar-refractivity contribution in [3.05, 3.63) is 28.2 Å². The zero-order valence-corrected chi connectivity index (χ0v) is 17.0. The molecule has 138 valence electrons. The molecule has 2 amide bonds. The molecule has 1 saturated heterocycles. The van der Waals surface area contributed by atoms with Crippen LogP contribution in [0.2, 0.25) is 0 Å². The largest absolute Gasteiger partial charge is 0.496 e. The van der Waals surface area contributed by atoms with Crippen LogP contribution in [0.3, 0.4) is 0 Å². The average molecular weight is 411 g/mol. The summed E-state index contributed by atoms with van der Waals surface area (Å²) >= 11 is 3.46. The molecule has 1 aromatic rings. The molecule has 1 heterocycles. The minimum absolute atomic E-state index is 0.00328. The van der Waals surface area contributed by atoms with E-state index < -0.39 is 5.54 Å². The number of ether oxygens (including phenoxy) is 1. The van der Waals surface area contributed by atoms with Gasteiger partial charge in [0.15, 0.2) is 0 Å².